The molecule has 0 spiro atoms. The first-order chi connectivity index (χ1) is 11.5. The van der Waals surface area contributed by atoms with Gasteiger partial charge in [-0.05, 0) is 42.2 Å². The number of hydrogen-bond donors (Lipinski definition) is 2. The Morgan fingerprint density at radius 2 is 1.71 bits per heavy atom. The van der Waals surface area contributed by atoms with Crippen molar-refractivity contribution in [1.29, 1.82) is 0 Å². The average Bonchev–Trinajstić information content (AvgIpc) is 2.58. The second-order valence-electron chi connectivity index (χ2n) is 5.40. The van der Waals surface area contributed by atoms with Crippen LogP contribution >= 0.6 is 0 Å². The first-order valence-electron chi connectivity index (χ1n) is 7.80. The minimum Gasteiger partial charge on any atom is -0.508 e. The van der Waals surface area contributed by atoms with Crippen LogP contribution in [0.4, 0.5) is 0 Å². The van der Waals surface area contributed by atoms with Gasteiger partial charge in [0.25, 0.3) is 0 Å². The van der Waals surface area contributed by atoms with Crippen LogP contribution < -0.4 is 0 Å². The van der Waals surface area contributed by atoms with Crippen LogP contribution in [0.2, 0.25) is 0 Å². The van der Waals surface area contributed by atoms with Crippen LogP contribution in [0.15, 0.2) is 36.4 Å². The predicted octanol–water partition coefficient (Wildman–Crippen LogP) is 3.26. The molecule has 0 heterocycles. The fourth-order valence-corrected chi connectivity index (χ4v) is 2.39. The molecule has 5 heteroatoms. The van der Waals surface area contributed by atoms with Gasteiger partial charge in [-0.1, -0.05) is 26.0 Å². The highest BCUT2D eigenvalue weighted by Crippen LogP contribution is 2.23. The molecule has 0 aliphatic rings. The van der Waals surface area contributed by atoms with Gasteiger partial charge in [0.05, 0.1) is 0 Å². The van der Waals surface area contributed by atoms with E-state index >= 15 is 0 Å². The monoisotopic (exact) mass is 328 g/mol. The summed E-state index contributed by atoms with van der Waals surface area (Å²) in [6.07, 6.45) is 1.52. The largest absolute Gasteiger partial charge is 0.508 e. The zero-order valence-electron chi connectivity index (χ0n) is 13.7. The van der Waals surface area contributed by atoms with Gasteiger partial charge in [0, 0.05) is 11.6 Å². The second kappa shape index (κ2) is 7.64. The van der Waals surface area contributed by atoms with E-state index in [2.05, 4.69) is 0 Å². The molecular weight excluding hydrogens is 308 g/mol. The van der Waals surface area contributed by atoms with E-state index in [4.69, 9.17) is 4.74 Å². The Balaban J connectivity index is 2.11. The van der Waals surface area contributed by atoms with Crippen LogP contribution in [0.3, 0.4) is 0 Å². The van der Waals surface area contributed by atoms with E-state index in [1.54, 1.807) is 0 Å². The van der Waals surface area contributed by atoms with E-state index in [9.17, 15) is 19.8 Å². The van der Waals surface area contributed by atoms with Crippen molar-refractivity contribution in [3.05, 3.63) is 58.7 Å². The van der Waals surface area contributed by atoms with Gasteiger partial charge in [0.2, 0.25) is 5.78 Å². The lowest BCUT2D eigenvalue weighted by atomic mass is 9.98. The van der Waals surface area contributed by atoms with Crippen LogP contribution in [-0.2, 0) is 17.6 Å². The number of hydrogen-bond acceptors (Lipinski definition) is 5. The summed E-state index contributed by atoms with van der Waals surface area (Å²) in [4.78, 5) is 24.4. The molecule has 0 radical (unpaired) electrons. The topological polar surface area (TPSA) is 83.8 Å². The SMILES string of the molecule is CCc1ccc(CC)c(C(=O)COC(=O)c2ccc(O)cc2O)c1. The van der Waals surface area contributed by atoms with Gasteiger partial charge in [0.1, 0.15) is 17.1 Å². The Bertz CT molecular complexity index is 764. The number of Topliss-reactive ketones (excluding diaryl/α,β-unsaturated/α-hetero) is 1. The van der Waals surface area contributed by atoms with Gasteiger partial charge in [-0.2, -0.15) is 0 Å². The van der Waals surface area contributed by atoms with Gasteiger partial charge in [-0.3, -0.25) is 4.79 Å². The van der Waals surface area contributed by atoms with Gasteiger partial charge in [0.15, 0.2) is 6.61 Å². The van der Waals surface area contributed by atoms with E-state index in [0.29, 0.717) is 12.0 Å². The van der Waals surface area contributed by atoms with E-state index in [0.717, 1.165) is 23.6 Å². The summed E-state index contributed by atoms with van der Waals surface area (Å²) in [6.45, 7) is 3.56. The van der Waals surface area contributed by atoms with E-state index in [1.165, 1.54) is 12.1 Å². The molecule has 0 fully saturated rings. The number of carbonyl (C=O) groups is 2. The van der Waals surface area contributed by atoms with Crippen molar-refractivity contribution in [2.45, 2.75) is 26.7 Å². The highest BCUT2D eigenvalue weighted by atomic mass is 16.5. The molecule has 0 atom stereocenters. The van der Waals surface area contributed by atoms with Crippen LogP contribution in [0, 0.1) is 0 Å². The molecule has 2 rings (SSSR count). The van der Waals surface area contributed by atoms with Crippen molar-refractivity contribution in [2.75, 3.05) is 6.61 Å². The third kappa shape index (κ3) is 3.93. The summed E-state index contributed by atoms with van der Waals surface area (Å²) in [5.74, 6) is -1.65. The summed E-state index contributed by atoms with van der Waals surface area (Å²) < 4.78 is 5.01. The van der Waals surface area contributed by atoms with Crippen molar-refractivity contribution < 1.29 is 24.5 Å². The van der Waals surface area contributed by atoms with Gasteiger partial charge < -0.3 is 14.9 Å². The Hall–Kier alpha value is -2.82. The molecule has 2 aromatic rings. The summed E-state index contributed by atoms with van der Waals surface area (Å²) in [5, 5.41) is 18.9. The highest BCUT2D eigenvalue weighted by molar-refractivity contribution is 6.01. The molecule has 0 saturated carbocycles. The molecule has 0 aliphatic heterocycles. The lowest BCUT2D eigenvalue weighted by Crippen LogP contribution is -2.16. The van der Waals surface area contributed by atoms with Crippen LogP contribution in [0.25, 0.3) is 0 Å². The number of benzene rings is 2. The minimum absolute atomic E-state index is 0.0985. The number of esters is 1. The standard InChI is InChI=1S/C19H20O5/c1-3-12-5-6-13(4-2)16(9-12)18(22)11-24-19(23)15-8-7-14(20)10-17(15)21/h5-10,20-21H,3-4,11H2,1-2H3. The molecule has 0 unspecified atom stereocenters. The Labute approximate surface area is 140 Å². The smallest absolute Gasteiger partial charge is 0.342 e. The molecule has 2 N–H and O–H groups in total. The van der Waals surface area contributed by atoms with Gasteiger partial charge in [-0.25, -0.2) is 4.79 Å². The number of rotatable bonds is 6. The van der Waals surface area contributed by atoms with Crippen LogP contribution in [0.1, 0.15) is 45.7 Å². The molecule has 0 aromatic heterocycles. The van der Waals surface area contributed by atoms with E-state index in [1.807, 2.05) is 32.0 Å². The number of phenolic OH excluding ortho intramolecular Hbond substituents is 2. The summed E-state index contributed by atoms with van der Waals surface area (Å²) in [5.41, 5.74) is 2.40. The van der Waals surface area contributed by atoms with Crippen molar-refractivity contribution in [3.63, 3.8) is 0 Å². The van der Waals surface area contributed by atoms with Gasteiger partial charge >= 0.3 is 5.97 Å². The number of aryl methyl sites for hydroxylation is 2. The molecular formula is C19H20O5. The summed E-state index contributed by atoms with van der Waals surface area (Å²) >= 11 is 0. The summed E-state index contributed by atoms with van der Waals surface area (Å²) in [7, 11) is 0. The first kappa shape index (κ1) is 17.5. The Kier molecular flexibility index (Phi) is 5.58. The minimum atomic E-state index is -0.814. The number of ether oxygens (including phenoxy) is 1. The third-order valence-corrected chi connectivity index (χ3v) is 3.80. The Morgan fingerprint density at radius 3 is 2.33 bits per heavy atom. The maximum Gasteiger partial charge on any atom is 0.342 e. The lowest BCUT2D eigenvalue weighted by molar-refractivity contribution is 0.0471. The van der Waals surface area contributed by atoms with E-state index < -0.39 is 18.3 Å². The predicted molar refractivity (Wildman–Crippen MR) is 89.6 cm³/mol. The maximum absolute atomic E-state index is 12.4. The van der Waals surface area contributed by atoms with Crippen molar-refractivity contribution in [2.24, 2.45) is 0 Å². The highest BCUT2D eigenvalue weighted by Gasteiger charge is 2.17. The van der Waals surface area contributed by atoms with Gasteiger partial charge in [-0.15, -0.1) is 0 Å². The number of carbonyl (C=O) groups excluding carboxylic acids is 2. The number of aromatic hydroxyl groups is 2. The quantitative estimate of drug-likeness (QED) is 0.628. The number of ketones is 1. The first-order valence-corrected chi connectivity index (χ1v) is 7.80. The normalized spacial score (nSPS) is 10.4. The van der Waals surface area contributed by atoms with E-state index in [-0.39, 0.29) is 17.1 Å². The molecule has 0 amide bonds. The molecule has 2 aromatic carbocycles. The molecule has 0 aliphatic carbocycles. The zero-order chi connectivity index (χ0) is 17.7. The molecule has 24 heavy (non-hydrogen) atoms. The number of phenols is 2. The molecule has 126 valence electrons. The van der Waals surface area contributed by atoms with Crippen molar-refractivity contribution >= 4 is 11.8 Å². The molecule has 0 saturated heterocycles. The second-order valence-corrected chi connectivity index (χ2v) is 5.40. The zero-order valence-corrected chi connectivity index (χ0v) is 13.7. The fourth-order valence-electron chi connectivity index (χ4n) is 2.39. The van der Waals surface area contributed by atoms with Crippen molar-refractivity contribution in [3.8, 4) is 11.5 Å². The lowest BCUT2D eigenvalue weighted by Gasteiger charge is -2.10. The maximum atomic E-state index is 12.4. The Morgan fingerprint density at radius 1 is 0.958 bits per heavy atom. The third-order valence-electron chi connectivity index (χ3n) is 3.80. The fraction of sp³-hybridized carbons (Fsp3) is 0.263. The average molecular weight is 328 g/mol. The molecule has 0 bridgehead atoms. The van der Waals surface area contributed by atoms with Crippen LogP contribution in [-0.4, -0.2) is 28.6 Å². The van der Waals surface area contributed by atoms with Crippen molar-refractivity contribution in [1.82, 2.24) is 0 Å². The molecule has 5 nitrogen and oxygen atoms in total. The van der Waals surface area contributed by atoms with Crippen LogP contribution in [0.5, 0.6) is 11.5 Å². The summed E-state index contributed by atoms with van der Waals surface area (Å²) in [6, 6.07) is 9.27.